The van der Waals surface area contributed by atoms with Gasteiger partial charge in [0.2, 0.25) is 5.96 Å². The maximum absolute atomic E-state index is 5.50. The van der Waals surface area contributed by atoms with E-state index in [-0.39, 0.29) is 0 Å². The molecule has 0 saturated carbocycles. The molecule has 0 atom stereocenters. The van der Waals surface area contributed by atoms with Crippen molar-refractivity contribution in [2.45, 2.75) is 6.42 Å². The van der Waals surface area contributed by atoms with Crippen LogP contribution in [0.5, 0.6) is 0 Å². The van der Waals surface area contributed by atoms with E-state index in [9.17, 15) is 0 Å². The van der Waals surface area contributed by atoms with E-state index in [1.165, 1.54) is 0 Å². The minimum Gasteiger partial charge on any atom is -0.464 e. The van der Waals surface area contributed by atoms with E-state index in [1.807, 2.05) is 36.4 Å². The van der Waals surface area contributed by atoms with Gasteiger partial charge >= 0.3 is 0 Å². The highest BCUT2D eigenvalue weighted by atomic mass is 32.1. The van der Waals surface area contributed by atoms with E-state index in [1.54, 1.807) is 35.2 Å². The Bertz CT molecular complexity index is 1210. The van der Waals surface area contributed by atoms with Crippen LogP contribution in [0.25, 0.3) is 33.4 Å². The number of furan rings is 2. The number of allylic oxidation sites excluding steroid dienone is 2. The standard InChI is InChI=1S/C25H22N4O2S2/c1-4-21(30-16-1)23-12-10-19(32-23)8-6-18(28-29-25-26-14-3-15-27-25)7-9-20-11-13-24(33-20)22-5-2-17-31-22/h1-2,4-13,16-17H,3,14-15H2,(H2,26,27,29)/b8-6+,9-7+. The molecule has 0 spiro atoms. The molecule has 33 heavy (non-hydrogen) atoms. The molecule has 8 heteroatoms. The van der Waals surface area contributed by atoms with Gasteiger partial charge in [-0.2, -0.15) is 5.10 Å². The summed E-state index contributed by atoms with van der Waals surface area (Å²) in [6, 6.07) is 16.0. The Labute approximate surface area is 199 Å². The van der Waals surface area contributed by atoms with Gasteiger partial charge in [-0.1, -0.05) is 0 Å². The Morgan fingerprint density at radius 3 is 2.06 bits per heavy atom. The zero-order valence-electron chi connectivity index (χ0n) is 17.7. The number of rotatable bonds is 7. The molecule has 5 rings (SSSR count). The first-order valence-corrected chi connectivity index (χ1v) is 12.2. The fourth-order valence-electron chi connectivity index (χ4n) is 3.18. The van der Waals surface area contributed by atoms with Gasteiger partial charge in [0.1, 0.15) is 11.5 Å². The van der Waals surface area contributed by atoms with Crippen molar-refractivity contribution in [3.05, 3.63) is 83.0 Å². The molecule has 0 aromatic carbocycles. The Hall–Kier alpha value is -3.62. The van der Waals surface area contributed by atoms with Crippen LogP contribution < -0.4 is 10.7 Å². The summed E-state index contributed by atoms with van der Waals surface area (Å²) in [5.74, 6) is 2.45. The summed E-state index contributed by atoms with van der Waals surface area (Å²) in [5, 5.41) is 7.79. The number of hydrogen-bond donors (Lipinski definition) is 2. The second-order valence-electron chi connectivity index (χ2n) is 7.18. The van der Waals surface area contributed by atoms with Crippen LogP contribution in [-0.4, -0.2) is 24.8 Å². The van der Waals surface area contributed by atoms with Gasteiger partial charge in [-0.15, -0.1) is 22.7 Å². The molecule has 4 aromatic heterocycles. The van der Waals surface area contributed by atoms with Crippen LogP contribution in [0.3, 0.4) is 0 Å². The smallest absolute Gasteiger partial charge is 0.212 e. The molecule has 6 nitrogen and oxygen atoms in total. The minimum absolute atomic E-state index is 0.702. The molecule has 0 radical (unpaired) electrons. The van der Waals surface area contributed by atoms with Crippen LogP contribution in [0, 0.1) is 0 Å². The summed E-state index contributed by atoms with van der Waals surface area (Å²) < 4.78 is 11.0. The van der Waals surface area contributed by atoms with Crippen LogP contribution >= 0.6 is 22.7 Å². The van der Waals surface area contributed by atoms with Gasteiger partial charge < -0.3 is 14.2 Å². The summed E-state index contributed by atoms with van der Waals surface area (Å²) in [4.78, 5) is 8.85. The molecule has 166 valence electrons. The molecule has 5 heterocycles. The molecular weight excluding hydrogens is 452 g/mol. The number of hydrazone groups is 1. The van der Waals surface area contributed by atoms with Crippen molar-refractivity contribution in [3.8, 4) is 21.3 Å². The average molecular weight is 475 g/mol. The molecule has 0 saturated heterocycles. The van der Waals surface area contributed by atoms with Crippen molar-refractivity contribution in [1.29, 1.82) is 0 Å². The Balaban J connectivity index is 1.34. The number of guanidine groups is 1. The predicted molar refractivity (Wildman–Crippen MR) is 138 cm³/mol. The lowest BCUT2D eigenvalue weighted by atomic mass is 10.2. The predicted octanol–water partition coefficient (Wildman–Crippen LogP) is 6.35. The molecule has 0 unspecified atom stereocenters. The average Bonchev–Trinajstić information content (AvgIpc) is 3.65. The summed E-state index contributed by atoms with van der Waals surface area (Å²) >= 11 is 3.34. The summed E-state index contributed by atoms with van der Waals surface area (Å²) in [6.07, 6.45) is 12.5. The van der Waals surface area contributed by atoms with Crippen molar-refractivity contribution in [1.82, 2.24) is 10.7 Å². The van der Waals surface area contributed by atoms with E-state index >= 15 is 0 Å². The van der Waals surface area contributed by atoms with Crippen LogP contribution in [0.2, 0.25) is 0 Å². The van der Waals surface area contributed by atoms with Gasteiger partial charge in [0.05, 0.1) is 28.0 Å². The number of hydrogen-bond acceptors (Lipinski definition) is 8. The van der Waals surface area contributed by atoms with Crippen LogP contribution in [0.1, 0.15) is 16.2 Å². The van der Waals surface area contributed by atoms with Crippen LogP contribution in [0.15, 0.2) is 92.1 Å². The van der Waals surface area contributed by atoms with Crippen molar-refractivity contribution in [2.75, 3.05) is 13.1 Å². The normalized spacial score (nSPS) is 13.9. The third kappa shape index (κ3) is 5.60. The van der Waals surface area contributed by atoms with Crippen molar-refractivity contribution >= 4 is 46.5 Å². The van der Waals surface area contributed by atoms with Gasteiger partial charge in [0.15, 0.2) is 0 Å². The molecular formula is C25H22N4O2S2. The lowest BCUT2D eigenvalue weighted by Gasteiger charge is -2.13. The van der Waals surface area contributed by atoms with Gasteiger partial charge in [-0.3, -0.25) is 4.99 Å². The molecule has 0 fully saturated rings. The first-order chi connectivity index (χ1) is 16.3. The number of nitrogens with zero attached hydrogens (tertiary/aromatic N) is 2. The summed E-state index contributed by atoms with van der Waals surface area (Å²) in [5.41, 5.74) is 3.83. The van der Waals surface area contributed by atoms with E-state index in [0.717, 1.165) is 56.3 Å². The summed E-state index contributed by atoms with van der Waals surface area (Å²) in [7, 11) is 0. The third-order valence-corrected chi connectivity index (χ3v) is 6.94. The lowest BCUT2D eigenvalue weighted by Crippen LogP contribution is -2.38. The highest BCUT2D eigenvalue weighted by Gasteiger charge is 2.06. The number of thiophene rings is 2. The maximum Gasteiger partial charge on any atom is 0.212 e. The van der Waals surface area contributed by atoms with E-state index in [2.05, 4.69) is 57.3 Å². The molecule has 1 aliphatic rings. The van der Waals surface area contributed by atoms with E-state index in [4.69, 9.17) is 8.83 Å². The topological polar surface area (TPSA) is 75.1 Å². The molecule has 0 aliphatic carbocycles. The second kappa shape index (κ2) is 10.3. The van der Waals surface area contributed by atoms with Gasteiger partial charge in [0.25, 0.3) is 0 Å². The van der Waals surface area contributed by atoms with Crippen molar-refractivity contribution in [3.63, 3.8) is 0 Å². The quantitative estimate of drug-likeness (QED) is 0.242. The molecule has 0 bridgehead atoms. The van der Waals surface area contributed by atoms with Crippen LogP contribution in [-0.2, 0) is 0 Å². The summed E-state index contributed by atoms with van der Waals surface area (Å²) in [6.45, 7) is 1.71. The Kier molecular flexibility index (Phi) is 6.65. The maximum atomic E-state index is 5.50. The number of nitrogens with one attached hydrogen (secondary N) is 2. The minimum atomic E-state index is 0.702. The SMILES string of the molecule is C(=C\c1ccc(-c2ccco2)s1)/C(/C=C/c1ccc(-c2ccco2)s1)=NNC1=NCCCN1. The zero-order chi connectivity index (χ0) is 22.3. The first-order valence-electron chi connectivity index (χ1n) is 10.6. The first kappa shape index (κ1) is 21.2. The van der Waals surface area contributed by atoms with Crippen molar-refractivity contribution < 1.29 is 8.83 Å². The fraction of sp³-hybridized carbons (Fsp3) is 0.120. The molecule has 4 aromatic rings. The Morgan fingerprint density at radius 1 is 0.909 bits per heavy atom. The fourth-order valence-corrected chi connectivity index (χ4v) is 4.94. The highest BCUT2D eigenvalue weighted by Crippen LogP contribution is 2.30. The lowest BCUT2D eigenvalue weighted by molar-refractivity contribution is 0.583. The van der Waals surface area contributed by atoms with E-state index in [0.29, 0.717) is 5.96 Å². The molecule has 1 aliphatic heterocycles. The monoisotopic (exact) mass is 474 g/mol. The Morgan fingerprint density at radius 2 is 1.55 bits per heavy atom. The molecule has 0 amide bonds. The largest absolute Gasteiger partial charge is 0.464 e. The van der Waals surface area contributed by atoms with E-state index < -0.39 is 0 Å². The third-order valence-electron chi connectivity index (χ3n) is 4.81. The number of aliphatic imine (C=N–C) groups is 1. The zero-order valence-corrected chi connectivity index (χ0v) is 19.4. The van der Waals surface area contributed by atoms with Crippen LogP contribution in [0.4, 0.5) is 0 Å². The van der Waals surface area contributed by atoms with Gasteiger partial charge in [-0.25, -0.2) is 5.43 Å². The second-order valence-corrected chi connectivity index (χ2v) is 9.42. The highest BCUT2D eigenvalue weighted by molar-refractivity contribution is 7.16. The van der Waals surface area contributed by atoms with Gasteiger partial charge in [0, 0.05) is 22.8 Å². The van der Waals surface area contributed by atoms with Crippen molar-refractivity contribution in [2.24, 2.45) is 10.1 Å². The van der Waals surface area contributed by atoms with Gasteiger partial charge in [-0.05, 0) is 79.3 Å². The molecule has 2 N–H and O–H groups in total.